The third-order valence-electron chi connectivity index (χ3n) is 1.95. The molecule has 0 aliphatic rings. The minimum Gasteiger partial charge on any atom is -0.343 e. The zero-order valence-electron chi connectivity index (χ0n) is 9.37. The molecular weight excluding hydrogens is 256 g/mol. The molecule has 0 bridgehead atoms. The van der Waals surface area contributed by atoms with E-state index in [9.17, 15) is 0 Å². The van der Waals surface area contributed by atoms with E-state index in [1.807, 2.05) is 11.9 Å². The smallest absolute Gasteiger partial charge is 0.225 e. The number of halogens is 1. The van der Waals surface area contributed by atoms with Crippen molar-refractivity contribution in [1.29, 1.82) is 0 Å². The number of anilines is 1. The van der Waals surface area contributed by atoms with Gasteiger partial charge in [-0.25, -0.2) is 9.97 Å². The molecule has 1 N–H and O–H groups in total. The molecule has 0 aliphatic heterocycles. The van der Waals surface area contributed by atoms with Crippen LogP contribution in [-0.2, 0) is 0 Å². The fourth-order valence-electron chi connectivity index (χ4n) is 1.12. The predicted octanol–water partition coefficient (Wildman–Crippen LogP) is 1.67. The fraction of sp³-hybridized carbons (Fsp3) is 0.600. The van der Waals surface area contributed by atoms with Gasteiger partial charge in [-0.3, -0.25) is 0 Å². The summed E-state index contributed by atoms with van der Waals surface area (Å²) in [6, 6.07) is 0.518. The Hall–Kier alpha value is -0.680. The Morgan fingerprint density at radius 3 is 2.53 bits per heavy atom. The average Bonchev–Trinajstić information content (AvgIpc) is 2.18. The molecule has 1 heterocycles. The van der Waals surface area contributed by atoms with Crippen LogP contribution in [0.2, 0.25) is 0 Å². The van der Waals surface area contributed by atoms with Crippen molar-refractivity contribution in [2.24, 2.45) is 0 Å². The molecule has 84 valence electrons. The number of nitrogens with zero attached hydrogens (tertiary/aromatic N) is 3. The first-order valence-corrected chi connectivity index (χ1v) is 5.81. The molecule has 0 amide bonds. The van der Waals surface area contributed by atoms with E-state index < -0.39 is 0 Å². The van der Waals surface area contributed by atoms with E-state index in [1.165, 1.54) is 0 Å². The van der Waals surface area contributed by atoms with E-state index in [-0.39, 0.29) is 0 Å². The van der Waals surface area contributed by atoms with Crippen molar-refractivity contribution in [3.05, 3.63) is 16.9 Å². The molecule has 0 fully saturated rings. The molecular formula is C10H17BrN4. The van der Waals surface area contributed by atoms with Gasteiger partial charge >= 0.3 is 0 Å². The van der Waals surface area contributed by atoms with Gasteiger partial charge in [-0.15, -0.1) is 0 Å². The number of nitrogens with one attached hydrogen (secondary N) is 1. The second kappa shape index (κ2) is 6.02. The molecule has 5 heteroatoms. The summed E-state index contributed by atoms with van der Waals surface area (Å²) in [5.41, 5.74) is 0. The Kier molecular flexibility index (Phi) is 4.98. The van der Waals surface area contributed by atoms with Crippen LogP contribution in [0.25, 0.3) is 0 Å². The molecule has 0 radical (unpaired) electrons. The summed E-state index contributed by atoms with van der Waals surface area (Å²) in [5, 5.41) is 3.35. The summed E-state index contributed by atoms with van der Waals surface area (Å²) < 4.78 is 0.903. The maximum atomic E-state index is 4.22. The molecule has 0 unspecified atom stereocenters. The van der Waals surface area contributed by atoms with Gasteiger partial charge in [-0.2, -0.15) is 0 Å². The lowest BCUT2D eigenvalue weighted by molar-refractivity contribution is 0.587. The van der Waals surface area contributed by atoms with Crippen LogP contribution in [0, 0.1) is 0 Å². The predicted molar refractivity (Wildman–Crippen MR) is 66.1 cm³/mol. The maximum absolute atomic E-state index is 4.22. The van der Waals surface area contributed by atoms with Gasteiger partial charge in [0.05, 0.1) is 4.47 Å². The first-order valence-electron chi connectivity index (χ1n) is 5.01. The van der Waals surface area contributed by atoms with Crippen molar-refractivity contribution in [3.8, 4) is 0 Å². The lowest BCUT2D eigenvalue weighted by Crippen LogP contribution is -2.33. The summed E-state index contributed by atoms with van der Waals surface area (Å²) in [6.45, 7) is 6.11. The molecule has 15 heavy (non-hydrogen) atoms. The first kappa shape index (κ1) is 12.4. The third-order valence-corrected chi connectivity index (χ3v) is 2.36. The Balaban J connectivity index is 2.40. The molecule has 0 spiro atoms. The lowest BCUT2D eigenvalue weighted by Gasteiger charge is -2.17. The van der Waals surface area contributed by atoms with E-state index in [0.717, 1.165) is 23.5 Å². The Morgan fingerprint density at radius 2 is 2.00 bits per heavy atom. The molecule has 0 saturated carbocycles. The number of hydrogen-bond donors (Lipinski definition) is 1. The van der Waals surface area contributed by atoms with Crippen LogP contribution in [0.4, 0.5) is 5.95 Å². The fourth-order valence-corrected chi connectivity index (χ4v) is 1.33. The van der Waals surface area contributed by atoms with Crippen LogP contribution in [-0.4, -0.2) is 36.1 Å². The van der Waals surface area contributed by atoms with Crippen LogP contribution in [0.3, 0.4) is 0 Å². The van der Waals surface area contributed by atoms with E-state index in [2.05, 4.69) is 45.1 Å². The van der Waals surface area contributed by atoms with Crippen LogP contribution in [0.5, 0.6) is 0 Å². The Labute approximate surface area is 99.2 Å². The summed E-state index contributed by atoms with van der Waals surface area (Å²) >= 11 is 3.31. The minimum absolute atomic E-state index is 0.518. The Bertz CT molecular complexity index is 286. The largest absolute Gasteiger partial charge is 0.343 e. The highest BCUT2D eigenvalue weighted by atomic mass is 79.9. The van der Waals surface area contributed by atoms with Gasteiger partial charge < -0.3 is 10.2 Å². The number of aromatic nitrogens is 2. The van der Waals surface area contributed by atoms with Gasteiger partial charge in [-0.05, 0) is 15.9 Å². The van der Waals surface area contributed by atoms with Crippen LogP contribution < -0.4 is 10.2 Å². The molecule has 0 atom stereocenters. The van der Waals surface area contributed by atoms with Crippen molar-refractivity contribution in [2.75, 3.05) is 25.0 Å². The molecule has 1 aromatic heterocycles. The van der Waals surface area contributed by atoms with E-state index >= 15 is 0 Å². The summed E-state index contributed by atoms with van der Waals surface area (Å²) in [5.74, 6) is 0.753. The first-order chi connectivity index (χ1) is 7.09. The number of rotatable bonds is 5. The van der Waals surface area contributed by atoms with Crippen LogP contribution >= 0.6 is 15.9 Å². The average molecular weight is 273 g/mol. The molecule has 1 rings (SSSR count). The lowest BCUT2D eigenvalue weighted by atomic mass is 10.4. The second-order valence-corrected chi connectivity index (χ2v) is 4.65. The molecule has 0 saturated heterocycles. The molecule has 0 aliphatic carbocycles. The minimum atomic E-state index is 0.518. The summed E-state index contributed by atoms with van der Waals surface area (Å²) in [6.07, 6.45) is 3.52. The van der Waals surface area contributed by atoms with Gasteiger partial charge in [0.15, 0.2) is 0 Å². The maximum Gasteiger partial charge on any atom is 0.225 e. The van der Waals surface area contributed by atoms with Crippen molar-refractivity contribution < 1.29 is 0 Å². The normalized spacial score (nSPS) is 10.7. The van der Waals surface area contributed by atoms with Gasteiger partial charge in [0, 0.05) is 38.6 Å². The van der Waals surface area contributed by atoms with Crippen LogP contribution in [0.1, 0.15) is 13.8 Å². The zero-order chi connectivity index (χ0) is 11.3. The second-order valence-electron chi connectivity index (χ2n) is 3.73. The number of hydrogen-bond acceptors (Lipinski definition) is 4. The quantitative estimate of drug-likeness (QED) is 0.886. The highest BCUT2D eigenvalue weighted by molar-refractivity contribution is 9.10. The van der Waals surface area contributed by atoms with E-state index in [0.29, 0.717) is 6.04 Å². The van der Waals surface area contributed by atoms with Gasteiger partial charge in [0.1, 0.15) is 0 Å². The highest BCUT2D eigenvalue weighted by Gasteiger charge is 2.03. The zero-order valence-corrected chi connectivity index (χ0v) is 11.0. The molecule has 0 aromatic carbocycles. The Morgan fingerprint density at radius 1 is 1.40 bits per heavy atom. The van der Waals surface area contributed by atoms with E-state index in [4.69, 9.17) is 0 Å². The van der Waals surface area contributed by atoms with Crippen molar-refractivity contribution >= 4 is 21.9 Å². The molecule has 1 aromatic rings. The summed E-state index contributed by atoms with van der Waals surface area (Å²) in [7, 11) is 1.99. The monoisotopic (exact) mass is 272 g/mol. The van der Waals surface area contributed by atoms with Crippen LogP contribution in [0.15, 0.2) is 16.9 Å². The van der Waals surface area contributed by atoms with Crippen molar-refractivity contribution in [2.45, 2.75) is 19.9 Å². The van der Waals surface area contributed by atoms with Gasteiger partial charge in [-0.1, -0.05) is 13.8 Å². The third kappa shape index (κ3) is 4.57. The highest BCUT2D eigenvalue weighted by Crippen LogP contribution is 2.08. The molecule has 4 nitrogen and oxygen atoms in total. The summed E-state index contributed by atoms with van der Waals surface area (Å²) in [4.78, 5) is 10.5. The van der Waals surface area contributed by atoms with E-state index in [1.54, 1.807) is 12.4 Å². The van der Waals surface area contributed by atoms with Gasteiger partial charge in [0.25, 0.3) is 0 Å². The SMILES string of the molecule is CC(C)NCCN(C)c1ncc(Br)cn1. The van der Waals surface area contributed by atoms with Gasteiger partial charge in [0.2, 0.25) is 5.95 Å². The topological polar surface area (TPSA) is 41.0 Å². The van der Waals surface area contributed by atoms with Crippen molar-refractivity contribution in [1.82, 2.24) is 15.3 Å². The number of likely N-dealkylation sites (N-methyl/N-ethyl adjacent to an activating group) is 1. The standard InChI is InChI=1S/C10H17BrN4/c1-8(2)12-4-5-15(3)10-13-6-9(11)7-14-10/h6-8,12H,4-5H2,1-3H3. The van der Waals surface area contributed by atoms with Crippen molar-refractivity contribution in [3.63, 3.8) is 0 Å².